The molecule has 0 amide bonds. The van der Waals surface area contributed by atoms with Crippen molar-refractivity contribution in [2.75, 3.05) is 33.9 Å². The molecule has 1 N–H and O–H groups in total. The summed E-state index contributed by atoms with van der Waals surface area (Å²) >= 11 is 0. The number of nitrogens with zero attached hydrogens (tertiary/aromatic N) is 2. The van der Waals surface area contributed by atoms with Crippen molar-refractivity contribution >= 4 is 29.9 Å². The van der Waals surface area contributed by atoms with Crippen LogP contribution in [0.25, 0.3) is 0 Å². The fourth-order valence-electron chi connectivity index (χ4n) is 3.00. The van der Waals surface area contributed by atoms with Crippen LogP contribution in [-0.4, -0.2) is 50.8 Å². The van der Waals surface area contributed by atoms with Crippen molar-refractivity contribution < 1.29 is 9.47 Å². The molecule has 1 aromatic carbocycles. The van der Waals surface area contributed by atoms with E-state index in [0.29, 0.717) is 12.7 Å². The molecule has 0 aliphatic carbocycles. The minimum absolute atomic E-state index is 0. The maximum atomic E-state index is 5.72. The molecule has 0 saturated carbocycles. The maximum absolute atomic E-state index is 5.72. The summed E-state index contributed by atoms with van der Waals surface area (Å²) in [6, 6.07) is 8.35. The number of hydrogen-bond donors (Lipinski definition) is 1. The van der Waals surface area contributed by atoms with Crippen molar-refractivity contribution in [2.45, 2.75) is 39.0 Å². The van der Waals surface area contributed by atoms with Gasteiger partial charge in [-0.05, 0) is 30.9 Å². The van der Waals surface area contributed by atoms with E-state index in [2.05, 4.69) is 40.3 Å². The van der Waals surface area contributed by atoms with Gasteiger partial charge < -0.3 is 19.7 Å². The Bertz CT molecular complexity index is 503. The first-order valence-electron chi connectivity index (χ1n) is 8.41. The third kappa shape index (κ3) is 6.22. The van der Waals surface area contributed by atoms with Crippen LogP contribution in [0.1, 0.15) is 30.9 Å². The third-order valence-corrected chi connectivity index (χ3v) is 4.21. The fraction of sp³-hybridized carbons (Fsp3) is 0.611. The molecule has 1 aromatic rings. The van der Waals surface area contributed by atoms with Gasteiger partial charge in [-0.1, -0.05) is 24.3 Å². The number of rotatable bonds is 6. The van der Waals surface area contributed by atoms with Gasteiger partial charge in [-0.2, -0.15) is 0 Å². The average Bonchev–Trinajstić information content (AvgIpc) is 2.59. The maximum Gasteiger partial charge on any atom is 0.193 e. The van der Waals surface area contributed by atoms with Crippen LogP contribution < -0.4 is 5.32 Å². The van der Waals surface area contributed by atoms with Crippen LogP contribution in [0.4, 0.5) is 0 Å². The Balaban J connectivity index is 0.00000288. The van der Waals surface area contributed by atoms with Gasteiger partial charge in [-0.3, -0.25) is 4.99 Å². The van der Waals surface area contributed by atoms with Crippen LogP contribution in [0.3, 0.4) is 0 Å². The molecular formula is C18H30IN3O2. The van der Waals surface area contributed by atoms with E-state index in [1.807, 2.05) is 13.1 Å². The van der Waals surface area contributed by atoms with E-state index in [1.165, 1.54) is 11.1 Å². The molecule has 0 aromatic heterocycles. The monoisotopic (exact) mass is 447 g/mol. The Hall–Kier alpha value is -0.860. The number of methoxy groups -OCH3 is 1. The molecule has 2 rings (SSSR count). The van der Waals surface area contributed by atoms with E-state index in [0.717, 1.165) is 45.0 Å². The Labute approximate surface area is 162 Å². The minimum Gasteiger partial charge on any atom is -0.380 e. The number of halogens is 1. The van der Waals surface area contributed by atoms with Crippen molar-refractivity contribution in [2.24, 2.45) is 4.99 Å². The lowest BCUT2D eigenvalue weighted by molar-refractivity contribution is 0.0263. The second kappa shape index (κ2) is 11.7. The number of hydrogen-bond acceptors (Lipinski definition) is 3. The summed E-state index contributed by atoms with van der Waals surface area (Å²) in [4.78, 5) is 6.75. The lowest BCUT2D eigenvalue weighted by atomic mass is 10.1. The van der Waals surface area contributed by atoms with Crippen LogP contribution in [0.15, 0.2) is 29.3 Å². The zero-order valence-electron chi connectivity index (χ0n) is 15.0. The Morgan fingerprint density at radius 2 is 1.92 bits per heavy atom. The van der Waals surface area contributed by atoms with Crippen molar-refractivity contribution in [1.29, 1.82) is 0 Å². The Morgan fingerprint density at radius 3 is 2.50 bits per heavy atom. The molecule has 0 radical (unpaired) electrons. The number of ether oxygens (including phenoxy) is 2. The van der Waals surface area contributed by atoms with Crippen LogP contribution in [-0.2, 0) is 22.6 Å². The van der Waals surface area contributed by atoms with Crippen LogP contribution in [0.5, 0.6) is 0 Å². The number of nitrogens with one attached hydrogen (secondary N) is 1. The molecule has 1 aliphatic heterocycles. The number of aliphatic imine (C=N–C) groups is 1. The largest absolute Gasteiger partial charge is 0.380 e. The average molecular weight is 447 g/mol. The highest BCUT2D eigenvalue weighted by Gasteiger charge is 2.21. The summed E-state index contributed by atoms with van der Waals surface area (Å²) in [5.41, 5.74) is 2.47. The van der Waals surface area contributed by atoms with Gasteiger partial charge in [0.1, 0.15) is 0 Å². The van der Waals surface area contributed by atoms with Gasteiger partial charge in [0.05, 0.1) is 12.7 Å². The first kappa shape index (κ1) is 21.2. The van der Waals surface area contributed by atoms with E-state index in [1.54, 1.807) is 7.11 Å². The van der Waals surface area contributed by atoms with E-state index in [9.17, 15) is 0 Å². The molecule has 0 unspecified atom stereocenters. The summed E-state index contributed by atoms with van der Waals surface area (Å²) in [5.74, 6) is 0.965. The third-order valence-electron chi connectivity index (χ3n) is 4.21. The molecule has 0 atom stereocenters. The minimum atomic E-state index is 0. The number of likely N-dealkylation sites (tertiary alicyclic amines) is 1. The first-order valence-corrected chi connectivity index (χ1v) is 8.41. The van der Waals surface area contributed by atoms with Crippen molar-refractivity contribution in [1.82, 2.24) is 10.2 Å². The summed E-state index contributed by atoms with van der Waals surface area (Å²) in [6.45, 7) is 6.24. The van der Waals surface area contributed by atoms with Crippen molar-refractivity contribution in [3.05, 3.63) is 35.4 Å². The second-order valence-electron chi connectivity index (χ2n) is 5.74. The molecule has 5 nitrogen and oxygen atoms in total. The predicted octanol–water partition coefficient (Wildman–Crippen LogP) is 3.03. The SMILES string of the molecule is CCOC1CCN(C(=NC)NCc2ccccc2COC)CC1.I. The molecule has 24 heavy (non-hydrogen) atoms. The second-order valence-corrected chi connectivity index (χ2v) is 5.74. The molecule has 1 saturated heterocycles. The summed E-state index contributed by atoms with van der Waals surface area (Å²) in [6.07, 6.45) is 2.53. The van der Waals surface area contributed by atoms with Crippen molar-refractivity contribution in [3.8, 4) is 0 Å². The van der Waals surface area contributed by atoms with E-state index >= 15 is 0 Å². The van der Waals surface area contributed by atoms with Gasteiger partial charge in [-0.15, -0.1) is 24.0 Å². The van der Waals surface area contributed by atoms with E-state index in [4.69, 9.17) is 9.47 Å². The highest BCUT2D eigenvalue weighted by molar-refractivity contribution is 14.0. The fourth-order valence-corrected chi connectivity index (χ4v) is 3.00. The molecule has 1 aliphatic rings. The normalized spacial score (nSPS) is 16.0. The molecule has 1 heterocycles. The molecule has 6 heteroatoms. The van der Waals surface area contributed by atoms with Gasteiger partial charge in [0, 0.05) is 40.4 Å². The van der Waals surface area contributed by atoms with Crippen molar-refractivity contribution in [3.63, 3.8) is 0 Å². The zero-order valence-corrected chi connectivity index (χ0v) is 17.3. The smallest absolute Gasteiger partial charge is 0.193 e. The summed E-state index contributed by atoms with van der Waals surface area (Å²) in [7, 11) is 3.57. The predicted molar refractivity (Wildman–Crippen MR) is 109 cm³/mol. The zero-order chi connectivity index (χ0) is 16.5. The van der Waals surface area contributed by atoms with Crippen LogP contribution >= 0.6 is 24.0 Å². The molecule has 0 spiro atoms. The standard InChI is InChI=1S/C18H29N3O2.HI/c1-4-23-17-9-11-21(12-10-17)18(19-2)20-13-15-7-5-6-8-16(15)14-22-3;/h5-8,17H,4,9-14H2,1-3H3,(H,19,20);1H. The molecule has 1 fully saturated rings. The Morgan fingerprint density at radius 1 is 1.25 bits per heavy atom. The quantitative estimate of drug-likeness (QED) is 0.414. The number of guanidine groups is 1. The molecular weight excluding hydrogens is 417 g/mol. The first-order chi connectivity index (χ1) is 11.3. The van der Waals surface area contributed by atoms with E-state index < -0.39 is 0 Å². The van der Waals surface area contributed by atoms with Gasteiger partial charge in [0.25, 0.3) is 0 Å². The van der Waals surface area contributed by atoms with Gasteiger partial charge in [0.15, 0.2) is 5.96 Å². The molecule has 136 valence electrons. The highest BCUT2D eigenvalue weighted by atomic mass is 127. The topological polar surface area (TPSA) is 46.1 Å². The van der Waals surface area contributed by atoms with Crippen LogP contribution in [0, 0.1) is 0 Å². The number of benzene rings is 1. The lowest BCUT2D eigenvalue weighted by Crippen LogP contribution is -2.46. The van der Waals surface area contributed by atoms with Gasteiger partial charge in [-0.25, -0.2) is 0 Å². The van der Waals surface area contributed by atoms with E-state index in [-0.39, 0.29) is 24.0 Å². The van der Waals surface area contributed by atoms with Crippen LogP contribution in [0.2, 0.25) is 0 Å². The summed E-state index contributed by atoms with van der Waals surface area (Å²) in [5, 5.41) is 3.48. The highest BCUT2D eigenvalue weighted by Crippen LogP contribution is 2.14. The van der Waals surface area contributed by atoms with Gasteiger partial charge in [0.2, 0.25) is 0 Å². The molecule has 0 bridgehead atoms. The van der Waals surface area contributed by atoms with Gasteiger partial charge >= 0.3 is 0 Å². The summed E-state index contributed by atoms with van der Waals surface area (Å²) < 4.78 is 11.0. The lowest BCUT2D eigenvalue weighted by Gasteiger charge is -2.34. The Kier molecular flexibility index (Phi) is 10.3. The number of piperidine rings is 1.